The molecule has 0 aliphatic rings. The first-order chi connectivity index (χ1) is 16.4. The van der Waals surface area contributed by atoms with Crippen LogP contribution in [0.5, 0.6) is 23.0 Å². The standard InChI is InChI=1S/C26H32N2O5S/c1-17(2)10-11-33-22-8-6-18(12-23(22)31-4)15-27-25(29)14-20-16-34-26(28-20)19-7-9-21(30-3)24(13-19)32-5/h6-9,12-13,16-17H,10-11,14-15H2,1-5H3,(H,27,29). The Morgan fingerprint density at radius 1 is 0.971 bits per heavy atom. The number of nitrogens with one attached hydrogen (secondary N) is 1. The lowest BCUT2D eigenvalue weighted by molar-refractivity contribution is -0.120. The zero-order chi connectivity index (χ0) is 24.5. The van der Waals surface area contributed by atoms with Gasteiger partial charge in [0.1, 0.15) is 5.01 Å². The molecule has 0 radical (unpaired) electrons. The number of amides is 1. The van der Waals surface area contributed by atoms with E-state index in [9.17, 15) is 4.79 Å². The first kappa shape index (κ1) is 25.4. The van der Waals surface area contributed by atoms with Crippen molar-refractivity contribution in [2.24, 2.45) is 5.92 Å². The van der Waals surface area contributed by atoms with Crippen molar-refractivity contribution in [2.75, 3.05) is 27.9 Å². The predicted octanol–water partition coefficient (Wildman–Crippen LogP) is 5.12. The van der Waals surface area contributed by atoms with Gasteiger partial charge in [-0.05, 0) is 48.2 Å². The summed E-state index contributed by atoms with van der Waals surface area (Å²) in [5.74, 6) is 3.15. The highest BCUT2D eigenvalue weighted by molar-refractivity contribution is 7.13. The number of hydrogen-bond donors (Lipinski definition) is 1. The molecule has 1 aromatic heterocycles. The fraction of sp³-hybridized carbons (Fsp3) is 0.385. The molecule has 0 unspecified atom stereocenters. The van der Waals surface area contributed by atoms with Gasteiger partial charge in [0.05, 0.1) is 40.1 Å². The molecule has 1 N–H and O–H groups in total. The Kier molecular flexibility index (Phi) is 9.16. The van der Waals surface area contributed by atoms with E-state index >= 15 is 0 Å². The highest BCUT2D eigenvalue weighted by Gasteiger charge is 2.13. The number of thiazole rings is 1. The molecule has 3 aromatic rings. The summed E-state index contributed by atoms with van der Waals surface area (Å²) >= 11 is 1.49. The summed E-state index contributed by atoms with van der Waals surface area (Å²) in [5, 5.41) is 5.67. The van der Waals surface area contributed by atoms with Gasteiger partial charge in [0.25, 0.3) is 0 Å². The minimum Gasteiger partial charge on any atom is -0.493 e. The smallest absolute Gasteiger partial charge is 0.226 e. The Bertz CT molecular complexity index is 1100. The number of ether oxygens (including phenoxy) is 4. The molecule has 0 saturated carbocycles. The fourth-order valence-electron chi connectivity index (χ4n) is 3.26. The lowest BCUT2D eigenvalue weighted by Crippen LogP contribution is -2.24. The van der Waals surface area contributed by atoms with E-state index in [0.29, 0.717) is 42.1 Å². The molecule has 0 aliphatic carbocycles. The number of aromatic nitrogens is 1. The first-order valence-corrected chi connectivity index (χ1v) is 12.0. The summed E-state index contributed by atoms with van der Waals surface area (Å²) in [4.78, 5) is 17.1. The Morgan fingerprint density at radius 2 is 1.68 bits per heavy atom. The van der Waals surface area contributed by atoms with Crippen LogP contribution in [0.25, 0.3) is 10.6 Å². The molecule has 0 fully saturated rings. The molecular weight excluding hydrogens is 452 g/mol. The average Bonchev–Trinajstić information content (AvgIpc) is 3.30. The first-order valence-electron chi connectivity index (χ1n) is 11.2. The molecule has 0 bridgehead atoms. The van der Waals surface area contributed by atoms with E-state index in [2.05, 4.69) is 24.1 Å². The summed E-state index contributed by atoms with van der Waals surface area (Å²) < 4.78 is 21.9. The second kappa shape index (κ2) is 12.3. The van der Waals surface area contributed by atoms with Crippen LogP contribution in [0.2, 0.25) is 0 Å². The molecule has 182 valence electrons. The summed E-state index contributed by atoms with van der Waals surface area (Å²) in [5.41, 5.74) is 2.57. The largest absolute Gasteiger partial charge is 0.493 e. The maximum atomic E-state index is 12.5. The lowest BCUT2D eigenvalue weighted by atomic mass is 10.1. The summed E-state index contributed by atoms with van der Waals surface area (Å²) in [6, 6.07) is 11.4. The van der Waals surface area contributed by atoms with Gasteiger partial charge in [-0.15, -0.1) is 11.3 Å². The lowest BCUT2D eigenvalue weighted by Gasteiger charge is -2.13. The number of nitrogens with zero attached hydrogens (tertiary/aromatic N) is 1. The van der Waals surface area contributed by atoms with Gasteiger partial charge in [-0.25, -0.2) is 4.98 Å². The molecule has 0 aliphatic heterocycles. The Labute approximate surface area is 205 Å². The van der Waals surface area contributed by atoms with Crippen molar-refractivity contribution < 1.29 is 23.7 Å². The second-order valence-corrected chi connectivity index (χ2v) is 9.04. The van der Waals surface area contributed by atoms with Crippen molar-refractivity contribution in [3.8, 4) is 33.6 Å². The van der Waals surface area contributed by atoms with Gasteiger partial charge in [0.15, 0.2) is 23.0 Å². The Balaban J connectivity index is 1.56. The van der Waals surface area contributed by atoms with E-state index in [4.69, 9.17) is 18.9 Å². The van der Waals surface area contributed by atoms with Crippen LogP contribution in [0, 0.1) is 5.92 Å². The number of hydrogen-bond acceptors (Lipinski definition) is 7. The third kappa shape index (κ3) is 6.87. The topological polar surface area (TPSA) is 78.9 Å². The summed E-state index contributed by atoms with van der Waals surface area (Å²) in [6.07, 6.45) is 1.18. The number of methoxy groups -OCH3 is 3. The van der Waals surface area contributed by atoms with E-state index < -0.39 is 0 Å². The third-order valence-corrected chi connectivity index (χ3v) is 6.13. The molecular formula is C26H32N2O5S. The van der Waals surface area contributed by atoms with Gasteiger partial charge in [-0.2, -0.15) is 0 Å². The van der Waals surface area contributed by atoms with Gasteiger partial charge < -0.3 is 24.3 Å². The number of carbonyl (C=O) groups excluding carboxylic acids is 1. The molecule has 8 heteroatoms. The minimum absolute atomic E-state index is 0.0969. The van der Waals surface area contributed by atoms with Crippen molar-refractivity contribution in [1.82, 2.24) is 10.3 Å². The van der Waals surface area contributed by atoms with Gasteiger partial charge >= 0.3 is 0 Å². The summed E-state index contributed by atoms with van der Waals surface area (Å²) in [7, 11) is 4.82. The molecule has 1 heterocycles. The Hall–Kier alpha value is -3.26. The van der Waals surface area contributed by atoms with Crippen LogP contribution in [-0.2, 0) is 17.8 Å². The number of rotatable bonds is 12. The molecule has 1 amide bonds. The molecule has 34 heavy (non-hydrogen) atoms. The van der Waals surface area contributed by atoms with Crippen molar-refractivity contribution in [2.45, 2.75) is 33.2 Å². The molecule has 0 saturated heterocycles. The maximum Gasteiger partial charge on any atom is 0.226 e. The zero-order valence-corrected chi connectivity index (χ0v) is 21.2. The van der Waals surface area contributed by atoms with Gasteiger partial charge in [0, 0.05) is 17.5 Å². The SMILES string of the molecule is COc1ccc(-c2nc(CC(=O)NCc3ccc(OCCC(C)C)c(OC)c3)cs2)cc1OC. The quantitative estimate of drug-likeness (QED) is 0.384. The molecule has 0 atom stereocenters. The number of benzene rings is 2. The van der Waals surface area contributed by atoms with Crippen LogP contribution in [-0.4, -0.2) is 38.8 Å². The van der Waals surface area contributed by atoms with Gasteiger partial charge in [0.2, 0.25) is 5.91 Å². The van der Waals surface area contributed by atoms with Crippen LogP contribution in [0.3, 0.4) is 0 Å². The van der Waals surface area contributed by atoms with E-state index in [1.807, 2.05) is 41.8 Å². The number of carbonyl (C=O) groups is 1. The third-order valence-electron chi connectivity index (χ3n) is 5.19. The van der Waals surface area contributed by atoms with Crippen LogP contribution in [0.4, 0.5) is 0 Å². The highest BCUT2D eigenvalue weighted by Crippen LogP contribution is 2.33. The van der Waals surface area contributed by atoms with Crippen LogP contribution in [0.1, 0.15) is 31.5 Å². The minimum atomic E-state index is -0.0969. The van der Waals surface area contributed by atoms with Crippen molar-refractivity contribution in [3.05, 3.63) is 53.0 Å². The molecule has 3 rings (SSSR count). The van der Waals surface area contributed by atoms with Crippen LogP contribution < -0.4 is 24.3 Å². The van der Waals surface area contributed by atoms with Crippen LogP contribution in [0.15, 0.2) is 41.8 Å². The van der Waals surface area contributed by atoms with E-state index in [-0.39, 0.29) is 12.3 Å². The average molecular weight is 485 g/mol. The monoisotopic (exact) mass is 484 g/mol. The highest BCUT2D eigenvalue weighted by atomic mass is 32.1. The van der Waals surface area contributed by atoms with E-state index in [1.165, 1.54) is 11.3 Å². The zero-order valence-electron chi connectivity index (χ0n) is 20.3. The second-order valence-electron chi connectivity index (χ2n) is 8.18. The van der Waals surface area contributed by atoms with Gasteiger partial charge in [-0.1, -0.05) is 19.9 Å². The van der Waals surface area contributed by atoms with Crippen LogP contribution >= 0.6 is 11.3 Å². The maximum absolute atomic E-state index is 12.5. The van der Waals surface area contributed by atoms with E-state index in [0.717, 1.165) is 28.2 Å². The van der Waals surface area contributed by atoms with Crippen molar-refractivity contribution >= 4 is 17.2 Å². The predicted molar refractivity (Wildman–Crippen MR) is 134 cm³/mol. The van der Waals surface area contributed by atoms with Crippen molar-refractivity contribution in [3.63, 3.8) is 0 Å². The fourth-order valence-corrected chi connectivity index (χ4v) is 4.08. The molecule has 7 nitrogen and oxygen atoms in total. The van der Waals surface area contributed by atoms with Crippen molar-refractivity contribution in [1.29, 1.82) is 0 Å². The molecule has 2 aromatic carbocycles. The van der Waals surface area contributed by atoms with Gasteiger partial charge in [-0.3, -0.25) is 4.79 Å². The summed E-state index contributed by atoms with van der Waals surface area (Å²) in [6.45, 7) is 5.36. The Morgan fingerprint density at radius 3 is 2.38 bits per heavy atom. The molecule has 0 spiro atoms. The van der Waals surface area contributed by atoms with E-state index in [1.54, 1.807) is 21.3 Å². The normalized spacial score (nSPS) is 10.8.